The number of benzene rings is 1. The standard InChI is InChI=1S/C27H31N3O3S/c1-14-13-28-26(34-14)30-24(32)7-5-17-11-23(31)27(3)9-8-18-19(25(17)27)6-4-16-10-22-21(12-20(16)18)29-15(2)33-22/h10,12-13,17-19,25H,4-9,11H2,1-3H3,(H,28,30,32)/t17-,18?,19?,25?,27-/m1/s1. The molecule has 2 saturated carbocycles. The van der Waals surface area contributed by atoms with E-state index in [1.165, 1.54) is 22.5 Å². The molecule has 2 fully saturated rings. The molecule has 0 spiro atoms. The molecule has 3 aliphatic rings. The number of anilines is 1. The number of nitrogens with one attached hydrogen (secondary N) is 1. The number of amides is 1. The molecule has 2 heterocycles. The first-order valence-corrected chi connectivity index (χ1v) is 13.3. The van der Waals surface area contributed by atoms with E-state index in [0.717, 1.165) is 48.1 Å². The minimum absolute atomic E-state index is 0.000505. The van der Waals surface area contributed by atoms with E-state index < -0.39 is 0 Å². The molecule has 0 radical (unpaired) electrons. The highest BCUT2D eigenvalue weighted by Crippen LogP contribution is 2.62. The average Bonchev–Trinajstić information content (AvgIpc) is 3.44. The second kappa shape index (κ2) is 8.01. The Morgan fingerprint density at radius 2 is 2.15 bits per heavy atom. The van der Waals surface area contributed by atoms with E-state index in [9.17, 15) is 9.59 Å². The fraction of sp³-hybridized carbons (Fsp3) is 0.556. The van der Waals surface area contributed by atoms with Gasteiger partial charge in [-0.25, -0.2) is 9.97 Å². The van der Waals surface area contributed by atoms with E-state index in [1.807, 2.05) is 13.8 Å². The van der Waals surface area contributed by atoms with Crippen LogP contribution < -0.4 is 5.32 Å². The predicted molar refractivity (Wildman–Crippen MR) is 132 cm³/mol. The summed E-state index contributed by atoms with van der Waals surface area (Å²) < 4.78 is 5.79. The van der Waals surface area contributed by atoms with E-state index in [0.29, 0.717) is 47.4 Å². The Morgan fingerprint density at radius 1 is 1.29 bits per heavy atom. The number of aryl methyl sites for hydroxylation is 3. The molecule has 1 N–H and O–H groups in total. The highest BCUT2D eigenvalue weighted by Gasteiger charge is 2.58. The topological polar surface area (TPSA) is 85.1 Å². The molecule has 3 aliphatic carbocycles. The minimum Gasteiger partial charge on any atom is -0.441 e. The molecule has 2 aromatic heterocycles. The Morgan fingerprint density at radius 3 is 2.94 bits per heavy atom. The largest absolute Gasteiger partial charge is 0.441 e. The summed E-state index contributed by atoms with van der Waals surface area (Å²) in [5, 5.41) is 3.59. The molecule has 5 atom stereocenters. The maximum absolute atomic E-state index is 13.2. The van der Waals surface area contributed by atoms with Crippen LogP contribution in [0.5, 0.6) is 0 Å². The second-order valence-electron chi connectivity index (χ2n) is 10.8. The van der Waals surface area contributed by atoms with Gasteiger partial charge in [0.05, 0.1) is 0 Å². The second-order valence-corrected chi connectivity index (χ2v) is 12.0. The van der Waals surface area contributed by atoms with E-state index in [1.54, 1.807) is 6.20 Å². The first-order valence-electron chi connectivity index (χ1n) is 12.5. The van der Waals surface area contributed by atoms with Gasteiger partial charge in [-0.1, -0.05) is 6.92 Å². The van der Waals surface area contributed by atoms with E-state index in [2.05, 4.69) is 34.3 Å². The van der Waals surface area contributed by atoms with Crippen LogP contribution >= 0.6 is 11.3 Å². The van der Waals surface area contributed by atoms with Crippen LogP contribution in [-0.4, -0.2) is 21.7 Å². The third-order valence-corrected chi connectivity index (χ3v) is 9.62. The Hall–Kier alpha value is -2.54. The molecule has 3 aromatic rings. The fourth-order valence-corrected chi connectivity index (χ4v) is 8.02. The highest BCUT2D eigenvalue weighted by atomic mass is 32.1. The normalized spacial score (nSPS) is 30.1. The van der Waals surface area contributed by atoms with Gasteiger partial charge >= 0.3 is 0 Å². The van der Waals surface area contributed by atoms with Gasteiger partial charge < -0.3 is 9.73 Å². The highest BCUT2D eigenvalue weighted by molar-refractivity contribution is 7.15. The Labute approximate surface area is 203 Å². The number of carbonyl (C=O) groups excluding carboxylic acids is 2. The summed E-state index contributed by atoms with van der Waals surface area (Å²) in [6.45, 7) is 6.08. The molecule has 0 saturated heterocycles. The average molecular weight is 478 g/mol. The fourth-order valence-electron chi connectivity index (χ4n) is 7.34. The van der Waals surface area contributed by atoms with E-state index in [4.69, 9.17) is 4.42 Å². The summed E-state index contributed by atoms with van der Waals surface area (Å²) >= 11 is 1.49. The van der Waals surface area contributed by atoms with Gasteiger partial charge in [0.1, 0.15) is 11.3 Å². The van der Waals surface area contributed by atoms with Crippen LogP contribution in [0.4, 0.5) is 5.13 Å². The molecule has 1 amide bonds. The van der Waals surface area contributed by atoms with Crippen molar-refractivity contribution < 1.29 is 14.0 Å². The maximum atomic E-state index is 13.2. The van der Waals surface area contributed by atoms with E-state index in [-0.39, 0.29) is 17.2 Å². The number of carbonyl (C=O) groups is 2. The zero-order valence-corrected chi connectivity index (χ0v) is 20.8. The molecule has 1 aromatic carbocycles. The Kier molecular flexibility index (Phi) is 5.17. The van der Waals surface area contributed by atoms with Crippen LogP contribution in [0.1, 0.15) is 73.3 Å². The summed E-state index contributed by atoms with van der Waals surface area (Å²) in [6, 6.07) is 4.44. The summed E-state index contributed by atoms with van der Waals surface area (Å²) in [6.07, 6.45) is 7.70. The van der Waals surface area contributed by atoms with Crippen molar-refractivity contribution in [2.45, 2.75) is 71.6 Å². The first kappa shape index (κ1) is 22.0. The lowest BCUT2D eigenvalue weighted by atomic mass is 9.54. The Balaban J connectivity index is 1.24. The number of fused-ring (bicyclic) bond motifs is 6. The number of ketones is 1. The monoisotopic (exact) mass is 477 g/mol. The van der Waals surface area contributed by atoms with Gasteiger partial charge in [-0.3, -0.25) is 9.59 Å². The Bertz CT molecular complexity index is 1290. The zero-order valence-electron chi connectivity index (χ0n) is 20.0. The third kappa shape index (κ3) is 3.51. The summed E-state index contributed by atoms with van der Waals surface area (Å²) in [5.41, 5.74) is 4.37. The molecule has 6 nitrogen and oxygen atoms in total. The van der Waals surface area contributed by atoms with Crippen molar-refractivity contribution in [2.75, 3.05) is 5.32 Å². The van der Waals surface area contributed by atoms with Crippen LogP contribution in [0.25, 0.3) is 11.1 Å². The molecular weight excluding hydrogens is 446 g/mol. The molecule has 178 valence electrons. The maximum Gasteiger partial charge on any atom is 0.226 e. The van der Waals surface area contributed by atoms with Gasteiger partial charge in [-0.15, -0.1) is 11.3 Å². The van der Waals surface area contributed by atoms with E-state index >= 15 is 0 Å². The van der Waals surface area contributed by atoms with Crippen LogP contribution in [0, 0.1) is 37.0 Å². The van der Waals surface area contributed by atoms with Crippen molar-refractivity contribution in [2.24, 2.45) is 23.2 Å². The lowest BCUT2D eigenvalue weighted by Gasteiger charge is -2.50. The number of thiazole rings is 1. The molecule has 7 heteroatoms. The van der Waals surface area contributed by atoms with Crippen LogP contribution in [0.3, 0.4) is 0 Å². The van der Waals surface area contributed by atoms with Gasteiger partial charge in [0.2, 0.25) is 5.91 Å². The van der Waals surface area contributed by atoms with Gasteiger partial charge in [-0.05, 0) is 86.0 Å². The zero-order chi connectivity index (χ0) is 23.6. The van der Waals surface area contributed by atoms with Gasteiger partial charge in [0, 0.05) is 36.3 Å². The molecule has 3 unspecified atom stereocenters. The van der Waals surface area contributed by atoms with Crippen molar-refractivity contribution in [3.8, 4) is 0 Å². The van der Waals surface area contributed by atoms with Crippen molar-refractivity contribution in [1.82, 2.24) is 9.97 Å². The van der Waals surface area contributed by atoms with Gasteiger partial charge in [0.15, 0.2) is 16.6 Å². The van der Waals surface area contributed by atoms with Crippen LogP contribution in [-0.2, 0) is 16.0 Å². The lowest BCUT2D eigenvalue weighted by molar-refractivity contribution is -0.129. The number of oxazole rings is 1. The molecule has 0 aliphatic heterocycles. The molecule has 0 bridgehead atoms. The van der Waals surface area contributed by atoms with Crippen molar-refractivity contribution in [1.29, 1.82) is 0 Å². The summed E-state index contributed by atoms with van der Waals surface area (Å²) in [5.74, 6) is 2.68. The van der Waals surface area contributed by atoms with Crippen LogP contribution in [0.15, 0.2) is 22.7 Å². The van der Waals surface area contributed by atoms with Crippen molar-refractivity contribution in [3.05, 3.63) is 40.2 Å². The number of hydrogen-bond acceptors (Lipinski definition) is 6. The molecule has 6 rings (SSSR count). The smallest absolute Gasteiger partial charge is 0.226 e. The van der Waals surface area contributed by atoms with Crippen LogP contribution in [0.2, 0.25) is 0 Å². The molecule has 34 heavy (non-hydrogen) atoms. The minimum atomic E-state index is -0.249. The number of nitrogens with zero attached hydrogens (tertiary/aromatic N) is 2. The quantitative estimate of drug-likeness (QED) is 0.500. The van der Waals surface area contributed by atoms with Crippen molar-refractivity contribution in [3.63, 3.8) is 0 Å². The number of hydrogen-bond donors (Lipinski definition) is 1. The lowest BCUT2D eigenvalue weighted by Crippen LogP contribution is -2.44. The third-order valence-electron chi connectivity index (χ3n) is 8.79. The number of Topliss-reactive ketones (excluding diaryl/α,β-unsaturated/α-hetero) is 1. The number of aromatic nitrogens is 2. The summed E-state index contributed by atoms with van der Waals surface area (Å²) in [4.78, 5) is 35.8. The van der Waals surface area contributed by atoms with Gasteiger partial charge in [-0.2, -0.15) is 0 Å². The number of rotatable bonds is 4. The SMILES string of the molecule is Cc1nc2cc3c(cc2o1)CCC1C3CC[C@]2(C)C(=O)C[C@@H](CCC(=O)Nc3ncc(C)s3)C12. The van der Waals surface area contributed by atoms with Crippen molar-refractivity contribution >= 4 is 39.3 Å². The molecular formula is C27H31N3O3S. The summed E-state index contributed by atoms with van der Waals surface area (Å²) in [7, 11) is 0. The first-order chi connectivity index (χ1) is 16.3. The van der Waals surface area contributed by atoms with Gasteiger partial charge in [0.25, 0.3) is 0 Å². The predicted octanol–water partition coefficient (Wildman–Crippen LogP) is 5.97.